The molecular formula is C15H17N3O2. The summed E-state index contributed by atoms with van der Waals surface area (Å²) in [4.78, 5) is 15.5. The van der Waals surface area contributed by atoms with Crippen LogP contribution in [0.25, 0.3) is 0 Å². The molecule has 104 valence electrons. The predicted molar refractivity (Wildman–Crippen MR) is 78.4 cm³/mol. The van der Waals surface area contributed by atoms with Gasteiger partial charge < -0.3 is 10.5 Å². The van der Waals surface area contributed by atoms with Gasteiger partial charge in [-0.1, -0.05) is 6.07 Å². The normalized spacial score (nSPS) is 10.0. The first kappa shape index (κ1) is 13.9. The molecule has 1 aromatic carbocycles. The maximum atomic E-state index is 11.6. The summed E-state index contributed by atoms with van der Waals surface area (Å²) in [6.07, 6.45) is 4.67. The number of hydrogen-bond donors (Lipinski definition) is 2. The Balaban J connectivity index is 1.68. The van der Waals surface area contributed by atoms with E-state index in [4.69, 9.17) is 10.5 Å². The third-order valence-electron chi connectivity index (χ3n) is 2.73. The quantitative estimate of drug-likeness (QED) is 0.647. The molecular weight excluding hydrogens is 254 g/mol. The minimum Gasteiger partial charge on any atom is -0.449 e. The number of pyridine rings is 1. The summed E-state index contributed by atoms with van der Waals surface area (Å²) >= 11 is 0. The molecule has 2 rings (SSSR count). The van der Waals surface area contributed by atoms with Crippen LogP contribution in [0.4, 0.5) is 16.2 Å². The van der Waals surface area contributed by atoms with Crippen LogP contribution in [0.1, 0.15) is 12.0 Å². The zero-order valence-electron chi connectivity index (χ0n) is 11.1. The fourth-order valence-electron chi connectivity index (χ4n) is 1.76. The van der Waals surface area contributed by atoms with Gasteiger partial charge in [-0.2, -0.15) is 0 Å². The molecule has 1 amide bonds. The van der Waals surface area contributed by atoms with Crippen LogP contribution in [-0.4, -0.2) is 17.7 Å². The molecule has 0 aliphatic carbocycles. The molecule has 0 aliphatic rings. The van der Waals surface area contributed by atoms with Crippen molar-refractivity contribution in [1.82, 2.24) is 4.98 Å². The maximum absolute atomic E-state index is 11.6. The first-order valence-electron chi connectivity index (χ1n) is 6.42. The van der Waals surface area contributed by atoms with Crippen LogP contribution in [0.5, 0.6) is 0 Å². The number of aromatic nitrogens is 1. The van der Waals surface area contributed by atoms with Crippen LogP contribution in [0, 0.1) is 0 Å². The summed E-state index contributed by atoms with van der Waals surface area (Å²) in [5, 5.41) is 2.63. The van der Waals surface area contributed by atoms with Crippen molar-refractivity contribution in [3.05, 3.63) is 54.4 Å². The molecule has 0 bridgehead atoms. The van der Waals surface area contributed by atoms with Gasteiger partial charge in [-0.15, -0.1) is 0 Å². The highest BCUT2D eigenvalue weighted by molar-refractivity contribution is 5.85. The molecule has 20 heavy (non-hydrogen) atoms. The Morgan fingerprint density at radius 3 is 2.80 bits per heavy atom. The second-order valence-electron chi connectivity index (χ2n) is 4.35. The summed E-state index contributed by atoms with van der Waals surface area (Å²) in [5.74, 6) is 0. The van der Waals surface area contributed by atoms with Gasteiger partial charge in [0.15, 0.2) is 0 Å². The minimum absolute atomic E-state index is 0.371. The number of nitrogen functional groups attached to an aromatic ring is 1. The van der Waals surface area contributed by atoms with Gasteiger partial charge in [-0.3, -0.25) is 10.3 Å². The molecule has 5 nitrogen and oxygen atoms in total. The zero-order valence-corrected chi connectivity index (χ0v) is 11.1. The summed E-state index contributed by atoms with van der Waals surface area (Å²) in [5.41, 5.74) is 8.03. The highest BCUT2D eigenvalue weighted by Gasteiger charge is 2.03. The summed E-state index contributed by atoms with van der Waals surface area (Å²) < 4.78 is 5.10. The van der Waals surface area contributed by atoms with Crippen molar-refractivity contribution in [3.63, 3.8) is 0 Å². The molecule has 1 heterocycles. The predicted octanol–water partition coefficient (Wildman–Crippen LogP) is 2.85. The van der Waals surface area contributed by atoms with Crippen molar-refractivity contribution < 1.29 is 9.53 Å². The molecule has 0 saturated heterocycles. The average Bonchev–Trinajstić information content (AvgIpc) is 2.45. The zero-order chi connectivity index (χ0) is 14.2. The number of nitrogens with one attached hydrogen (secondary N) is 1. The van der Waals surface area contributed by atoms with Crippen molar-refractivity contribution in [1.29, 1.82) is 0 Å². The highest BCUT2D eigenvalue weighted by Crippen LogP contribution is 2.12. The van der Waals surface area contributed by atoms with Crippen molar-refractivity contribution in [2.24, 2.45) is 0 Å². The SMILES string of the molecule is Nc1cccc(NC(=O)OCCCc2ccncc2)c1. The number of amides is 1. The minimum atomic E-state index is -0.467. The number of nitrogens with zero attached hydrogens (tertiary/aromatic N) is 1. The second kappa shape index (κ2) is 7.13. The number of carbonyl (C=O) groups excluding carboxylic acids is 1. The molecule has 0 unspecified atom stereocenters. The van der Waals surface area contributed by atoms with E-state index in [1.165, 1.54) is 5.56 Å². The number of carbonyl (C=O) groups is 1. The molecule has 3 N–H and O–H groups in total. The van der Waals surface area contributed by atoms with E-state index in [0.717, 1.165) is 12.8 Å². The van der Waals surface area contributed by atoms with Crippen molar-refractivity contribution >= 4 is 17.5 Å². The second-order valence-corrected chi connectivity index (χ2v) is 4.35. The Hall–Kier alpha value is -2.56. The van der Waals surface area contributed by atoms with E-state index in [1.54, 1.807) is 36.7 Å². The topological polar surface area (TPSA) is 77.2 Å². The van der Waals surface area contributed by atoms with Gasteiger partial charge >= 0.3 is 6.09 Å². The van der Waals surface area contributed by atoms with Gasteiger partial charge in [-0.05, 0) is 48.7 Å². The largest absolute Gasteiger partial charge is 0.449 e. The monoisotopic (exact) mass is 271 g/mol. The fraction of sp³-hybridized carbons (Fsp3) is 0.200. The van der Waals surface area contributed by atoms with E-state index >= 15 is 0 Å². The molecule has 0 fully saturated rings. The third-order valence-corrected chi connectivity index (χ3v) is 2.73. The smallest absolute Gasteiger partial charge is 0.411 e. The lowest BCUT2D eigenvalue weighted by atomic mass is 10.1. The van der Waals surface area contributed by atoms with E-state index in [9.17, 15) is 4.79 Å². The van der Waals surface area contributed by atoms with Crippen molar-refractivity contribution in [3.8, 4) is 0 Å². The lowest BCUT2D eigenvalue weighted by molar-refractivity contribution is 0.160. The Kier molecular flexibility index (Phi) is 4.94. The van der Waals surface area contributed by atoms with Crippen LogP contribution in [0.3, 0.4) is 0 Å². The van der Waals surface area contributed by atoms with Crippen molar-refractivity contribution in [2.75, 3.05) is 17.7 Å². The number of rotatable bonds is 5. The molecule has 0 saturated carbocycles. The fourth-order valence-corrected chi connectivity index (χ4v) is 1.76. The van der Waals surface area contributed by atoms with E-state index in [2.05, 4.69) is 10.3 Å². The van der Waals surface area contributed by atoms with E-state index in [1.807, 2.05) is 12.1 Å². The number of ether oxygens (including phenoxy) is 1. The van der Waals surface area contributed by atoms with Gasteiger partial charge in [0, 0.05) is 23.8 Å². The van der Waals surface area contributed by atoms with E-state index < -0.39 is 6.09 Å². The molecule has 0 aliphatic heterocycles. The average molecular weight is 271 g/mol. The Morgan fingerprint density at radius 2 is 2.05 bits per heavy atom. The first-order chi connectivity index (χ1) is 9.74. The van der Waals surface area contributed by atoms with Gasteiger partial charge in [0.1, 0.15) is 0 Å². The number of aryl methyl sites for hydroxylation is 1. The summed E-state index contributed by atoms with van der Waals surface area (Å²) in [7, 11) is 0. The highest BCUT2D eigenvalue weighted by atomic mass is 16.5. The van der Waals surface area contributed by atoms with Crippen LogP contribution < -0.4 is 11.1 Å². The molecule has 0 atom stereocenters. The Bertz CT molecular complexity index is 558. The first-order valence-corrected chi connectivity index (χ1v) is 6.42. The number of hydrogen-bond acceptors (Lipinski definition) is 4. The molecule has 0 spiro atoms. The number of benzene rings is 1. The van der Waals surface area contributed by atoms with Gasteiger partial charge in [-0.25, -0.2) is 4.79 Å². The lowest BCUT2D eigenvalue weighted by Gasteiger charge is -2.07. The maximum Gasteiger partial charge on any atom is 0.411 e. The molecule has 0 radical (unpaired) electrons. The van der Waals surface area contributed by atoms with Crippen LogP contribution in [0.2, 0.25) is 0 Å². The lowest BCUT2D eigenvalue weighted by Crippen LogP contribution is -2.14. The molecule has 2 aromatic rings. The molecule has 5 heteroatoms. The third kappa shape index (κ3) is 4.61. The Morgan fingerprint density at radius 1 is 1.25 bits per heavy atom. The van der Waals surface area contributed by atoms with E-state index in [0.29, 0.717) is 18.0 Å². The van der Waals surface area contributed by atoms with Gasteiger partial charge in [0.25, 0.3) is 0 Å². The molecule has 1 aromatic heterocycles. The summed E-state index contributed by atoms with van der Waals surface area (Å²) in [6.45, 7) is 0.371. The van der Waals surface area contributed by atoms with Gasteiger partial charge in [0.05, 0.1) is 6.61 Å². The van der Waals surface area contributed by atoms with Crippen LogP contribution in [-0.2, 0) is 11.2 Å². The summed E-state index contributed by atoms with van der Waals surface area (Å²) in [6, 6.07) is 10.9. The number of nitrogens with two attached hydrogens (primary N) is 1. The van der Waals surface area contributed by atoms with Gasteiger partial charge in [0.2, 0.25) is 0 Å². The Labute approximate surface area is 117 Å². The number of anilines is 2. The van der Waals surface area contributed by atoms with Crippen molar-refractivity contribution in [2.45, 2.75) is 12.8 Å². The van der Waals surface area contributed by atoms with Crippen LogP contribution >= 0.6 is 0 Å². The van der Waals surface area contributed by atoms with E-state index in [-0.39, 0.29) is 0 Å². The van der Waals surface area contributed by atoms with Crippen LogP contribution in [0.15, 0.2) is 48.8 Å². The standard InChI is InChI=1S/C15H17N3O2/c16-13-4-1-5-14(11-13)18-15(19)20-10-2-3-12-6-8-17-9-7-12/h1,4-9,11H,2-3,10,16H2,(H,18,19).